The van der Waals surface area contributed by atoms with Gasteiger partial charge in [0.2, 0.25) is 0 Å². The molecule has 0 radical (unpaired) electrons. The molecule has 0 saturated carbocycles. The van der Waals surface area contributed by atoms with E-state index in [1.165, 1.54) is 0 Å². The van der Waals surface area contributed by atoms with E-state index in [2.05, 4.69) is 15.6 Å². The number of amides is 2. The van der Waals surface area contributed by atoms with Crippen molar-refractivity contribution in [1.82, 2.24) is 10.3 Å². The van der Waals surface area contributed by atoms with Crippen LogP contribution >= 0.6 is 0 Å². The number of nitrogens with one attached hydrogen (secondary N) is 2. The van der Waals surface area contributed by atoms with Crippen molar-refractivity contribution in [2.75, 3.05) is 12.4 Å². The van der Waals surface area contributed by atoms with Crippen LogP contribution in [0, 0.1) is 0 Å². The monoisotopic (exact) mass is 277 g/mol. The van der Waals surface area contributed by atoms with E-state index in [0.29, 0.717) is 5.82 Å². The van der Waals surface area contributed by atoms with Crippen LogP contribution in [0.15, 0.2) is 18.3 Å². The molecular formula is C13H20BN3O3. The highest BCUT2D eigenvalue weighted by molar-refractivity contribution is 6.62. The fourth-order valence-electron chi connectivity index (χ4n) is 1.78. The fraction of sp³-hybridized carbons (Fsp3) is 0.538. The summed E-state index contributed by atoms with van der Waals surface area (Å²) in [6, 6.07) is 3.25. The molecule has 7 heteroatoms. The van der Waals surface area contributed by atoms with Gasteiger partial charge >= 0.3 is 13.1 Å². The summed E-state index contributed by atoms with van der Waals surface area (Å²) in [5, 5.41) is 5.06. The van der Waals surface area contributed by atoms with E-state index < -0.39 is 7.12 Å². The molecular weight excluding hydrogens is 257 g/mol. The van der Waals surface area contributed by atoms with Crippen molar-refractivity contribution in [3.63, 3.8) is 0 Å². The average Bonchev–Trinajstić information content (AvgIpc) is 2.59. The van der Waals surface area contributed by atoms with Gasteiger partial charge in [0.05, 0.1) is 11.2 Å². The van der Waals surface area contributed by atoms with Crippen LogP contribution in [0.2, 0.25) is 0 Å². The molecule has 1 aliphatic heterocycles. The smallest absolute Gasteiger partial charge is 0.399 e. The molecule has 2 amide bonds. The van der Waals surface area contributed by atoms with E-state index in [1.54, 1.807) is 19.3 Å². The van der Waals surface area contributed by atoms with E-state index in [-0.39, 0.29) is 17.2 Å². The molecule has 0 atom stereocenters. The molecule has 2 heterocycles. The molecule has 0 bridgehead atoms. The van der Waals surface area contributed by atoms with Crippen LogP contribution < -0.4 is 16.1 Å². The normalized spacial score (nSPS) is 19.8. The van der Waals surface area contributed by atoms with Crippen LogP contribution in [0.1, 0.15) is 27.7 Å². The van der Waals surface area contributed by atoms with E-state index in [1.807, 2.05) is 33.8 Å². The number of carbonyl (C=O) groups excluding carboxylic acids is 1. The minimum absolute atomic E-state index is 0.305. The van der Waals surface area contributed by atoms with E-state index in [9.17, 15) is 4.79 Å². The Kier molecular flexibility index (Phi) is 3.75. The number of pyridine rings is 1. The van der Waals surface area contributed by atoms with Crippen LogP contribution in [0.5, 0.6) is 0 Å². The first-order chi connectivity index (χ1) is 9.25. The lowest BCUT2D eigenvalue weighted by Gasteiger charge is -2.32. The number of anilines is 1. The van der Waals surface area contributed by atoms with Gasteiger partial charge in [-0.3, -0.25) is 5.32 Å². The zero-order valence-electron chi connectivity index (χ0n) is 12.5. The number of hydrogen-bond donors (Lipinski definition) is 2. The van der Waals surface area contributed by atoms with Gasteiger partial charge in [0, 0.05) is 18.7 Å². The van der Waals surface area contributed by atoms with Gasteiger partial charge in [0.15, 0.2) is 0 Å². The number of rotatable bonds is 2. The summed E-state index contributed by atoms with van der Waals surface area (Å²) in [5.41, 5.74) is 0.0685. The number of nitrogens with zero attached hydrogens (tertiary/aromatic N) is 1. The molecule has 1 saturated heterocycles. The summed E-state index contributed by atoms with van der Waals surface area (Å²) in [7, 11) is 1.11. The zero-order valence-corrected chi connectivity index (χ0v) is 12.5. The lowest BCUT2D eigenvalue weighted by Crippen LogP contribution is -2.41. The number of carbonyl (C=O) groups is 1. The topological polar surface area (TPSA) is 72.5 Å². The van der Waals surface area contributed by atoms with Gasteiger partial charge in [-0.05, 0) is 33.8 Å². The second kappa shape index (κ2) is 5.07. The van der Waals surface area contributed by atoms with Crippen LogP contribution in [0.3, 0.4) is 0 Å². The molecule has 2 N–H and O–H groups in total. The Morgan fingerprint density at radius 1 is 1.20 bits per heavy atom. The Morgan fingerprint density at radius 2 is 1.80 bits per heavy atom. The van der Waals surface area contributed by atoms with Gasteiger partial charge in [-0.2, -0.15) is 0 Å². The summed E-state index contributed by atoms with van der Waals surface area (Å²) in [6.45, 7) is 8.01. The Bertz CT molecular complexity index is 486. The predicted octanol–water partition coefficient (Wildman–Crippen LogP) is 1.13. The highest BCUT2D eigenvalue weighted by Gasteiger charge is 2.51. The Balaban J connectivity index is 2.10. The van der Waals surface area contributed by atoms with Gasteiger partial charge in [0.25, 0.3) is 0 Å². The Hall–Kier alpha value is -1.60. The van der Waals surface area contributed by atoms with Gasteiger partial charge < -0.3 is 14.6 Å². The standard InChI is InChI=1S/C13H20BN3O3/c1-12(2)13(3,4)20-14(19-12)9-6-7-10(16-8-9)17-11(18)15-5/h6-8H,1-5H3,(H2,15,16,17,18). The molecule has 1 aliphatic rings. The molecule has 0 aromatic carbocycles. The maximum Gasteiger partial charge on any atom is 0.496 e. The first-order valence-electron chi connectivity index (χ1n) is 6.55. The molecule has 108 valence electrons. The fourth-order valence-corrected chi connectivity index (χ4v) is 1.78. The molecule has 0 spiro atoms. The second-order valence-electron chi connectivity index (χ2n) is 5.77. The third-order valence-electron chi connectivity index (χ3n) is 3.78. The van der Waals surface area contributed by atoms with Gasteiger partial charge in [-0.15, -0.1) is 0 Å². The average molecular weight is 277 g/mol. The number of urea groups is 1. The molecule has 0 unspecified atom stereocenters. The molecule has 20 heavy (non-hydrogen) atoms. The Morgan fingerprint density at radius 3 is 2.25 bits per heavy atom. The largest absolute Gasteiger partial charge is 0.496 e. The summed E-state index contributed by atoms with van der Waals surface area (Å²) >= 11 is 0. The SMILES string of the molecule is CNC(=O)Nc1ccc(B2OC(C)(C)C(C)(C)O2)cn1. The summed E-state index contributed by atoms with van der Waals surface area (Å²) in [4.78, 5) is 15.4. The zero-order chi connectivity index (χ0) is 15.0. The quantitative estimate of drug-likeness (QED) is 0.795. The first-order valence-corrected chi connectivity index (χ1v) is 6.55. The van der Waals surface area contributed by atoms with Crippen molar-refractivity contribution in [3.8, 4) is 0 Å². The molecule has 6 nitrogen and oxygen atoms in total. The summed E-state index contributed by atoms with van der Waals surface area (Å²) in [5.74, 6) is 0.476. The van der Waals surface area contributed by atoms with Crippen molar-refractivity contribution in [1.29, 1.82) is 0 Å². The number of aromatic nitrogens is 1. The third kappa shape index (κ3) is 2.78. The van der Waals surface area contributed by atoms with E-state index in [4.69, 9.17) is 9.31 Å². The molecule has 1 aromatic heterocycles. The molecule has 1 fully saturated rings. The number of hydrogen-bond acceptors (Lipinski definition) is 4. The lowest BCUT2D eigenvalue weighted by molar-refractivity contribution is 0.00578. The van der Waals surface area contributed by atoms with Gasteiger partial charge in [0.1, 0.15) is 5.82 Å². The second-order valence-corrected chi connectivity index (χ2v) is 5.77. The first kappa shape index (κ1) is 14.8. The Labute approximate surface area is 119 Å². The maximum absolute atomic E-state index is 11.2. The van der Waals surface area contributed by atoms with Gasteiger partial charge in [-0.25, -0.2) is 9.78 Å². The van der Waals surface area contributed by atoms with E-state index >= 15 is 0 Å². The highest BCUT2D eigenvalue weighted by atomic mass is 16.7. The van der Waals surface area contributed by atoms with Crippen molar-refractivity contribution in [3.05, 3.63) is 18.3 Å². The minimum atomic E-state index is -0.443. The van der Waals surface area contributed by atoms with Crippen LogP contribution in [0.25, 0.3) is 0 Å². The molecule has 0 aliphatic carbocycles. The van der Waals surface area contributed by atoms with Crippen LogP contribution in [0.4, 0.5) is 10.6 Å². The van der Waals surface area contributed by atoms with Crippen LogP contribution in [-0.2, 0) is 9.31 Å². The third-order valence-corrected chi connectivity index (χ3v) is 3.78. The molecule has 2 rings (SSSR count). The van der Waals surface area contributed by atoms with Crippen LogP contribution in [-0.4, -0.2) is 36.4 Å². The minimum Gasteiger partial charge on any atom is -0.399 e. The van der Waals surface area contributed by atoms with Crippen molar-refractivity contribution < 1.29 is 14.1 Å². The summed E-state index contributed by atoms with van der Waals surface area (Å²) < 4.78 is 11.9. The van der Waals surface area contributed by atoms with E-state index in [0.717, 1.165) is 5.46 Å². The predicted molar refractivity (Wildman–Crippen MR) is 78.0 cm³/mol. The van der Waals surface area contributed by atoms with Crippen molar-refractivity contribution in [2.45, 2.75) is 38.9 Å². The van der Waals surface area contributed by atoms with Crippen molar-refractivity contribution in [2.24, 2.45) is 0 Å². The molecule has 1 aromatic rings. The highest BCUT2D eigenvalue weighted by Crippen LogP contribution is 2.36. The van der Waals surface area contributed by atoms with Gasteiger partial charge in [-0.1, -0.05) is 6.07 Å². The lowest BCUT2D eigenvalue weighted by atomic mass is 9.80. The van der Waals surface area contributed by atoms with Crippen molar-refractivity contribution >= 4 is 24.4 Å². The maximum atomic E-state index is 11.2. The summed E-state index contributed by atoms with van der Waals surface area (Å²) in [6.07, 6.45) is 1.65.